The molecule has 0 unspecified atom stereocenters. The van der Waals surface area contributed by atoms with Crippen LogP contribution in [0, 0.1) is 0 Å². The highest BCUT2D eigenvalue weighted by Gasteiger charge is 2.12. The maximum absolute atomic E-state index is 11.9. The summed E-state index contributed by atoms with van der Waals surface area (Å²) >= 11 is 0. The maximum Gasteiger partial charge on any atom is 0.337 e. The van der Waals surface area contributed by atoms with E-state index >= 15 is 0 Å². The second-order valence-corrected chi connectivity index (χ2v) is 6.04. The molecule has 0 heterocycles. The number of aryl methyl sites for hydroxylation is 2. The SMILES string of the molecule is COC(=O)c1ccc(CNC(=O)COc2ccc3c(c2)CCC3)cc1. The first kappa shape index (κ1) is 17.0. The van der Waals surface area contributed by atoms with Crippen LogP contribution in [0.5, 0.6) is 5.75 Å². The number of carbonyl (C=O) groups excluding carboxylic acids is 2. The molecule has 25 heavy (non-hydrogen) atoms. The van der Waals surface area contributed by atoms with E-state index in [-0.39, 0.29) is 18.5 Å². The van der Waals surface area contributed by atoms with Crippen LogP contribution in [0.2, 0.25) is 0 Å². The third kappa shape index (κ3) is 4.38. The summed E-state index contributed by atoms with van der Waals surface area (Å²) in [7, 11) is 1.34. The van der Waals surface area contributed by atoms with Crippen molar-refractivity contribution in [2.45, 2.75) is 25.8 Å². The van der Waals surface area contributed by atoms with Gasteiger partial charge >= 0.3 is 5.97 Å². The van der Waals surface area contributed by atoms with Crippen LogP contribution in [0.4, 0.5) is 0 Å². The first-order valence-electron chi connectivity index (χ1n) is 8.34. The summed E-state index contributed by atoms with van der Waals surface area (Å²) in [5, 5.41) is 2.80. The second-order valence-electron chi connectivity index (χ2n) is 6.04. The van der Waals surface area contributed by atoms with E-state index in [0.717, 1.165) is 24.2 Å². The lowest BCUT2D eigenvalue weighted by molar-refractivity contribution is -0.123. The van der Waals surface area contributed by atoms with Crippen LogP contribution in [0.25, 0.3) is 0 Å². The van der Waals surface area contributed by atoms with E-state index < -0.39 is 0 Å². The summed E-state index contributed by atoms with van der Waals surface area (Å²) in [6.07, 6.45) is 3.40. The zero-order valence-corrected chi connectivity index (χ0v) is 14.2. The van der Waals surface area contributed by atoms with E-state index in [1.54, 1.807) is 24.3 Å². The lowest BCUT2D eigenvalue weighted by Gasteiger charge is -2.09. The van der Waals surface area contributed by atoms with Crippen LogP contribution in [0.1, 0.15) is 33.5 Å². The van der Waals surface area contributed by atoms with E-state index in [1.807, 2.05) is 12.1 Å². The molecule has 0 saturated carbocycles. The molecular formula is C20H21NO4. The summed E-state index contributed by atoms with van der Waals surface area (Å²) in [4.78, 5) is 23.3. The van der Waals surface area contributed by atoms with Gasteiger partial charge in [-0.25, -0.2) is 4.79 Å². The highest BCUT2D eigenvalue weighted by molar-refractivity contribution is 5.89. The number of methoxy groups -OCH3 is 1. The van der Waals surface area contributed by atoms with E-state index in [1.165, 1.54) is 24.7 Å². The summed E-state index contributed by atoms with van der Waals surface area (Å²) in [5.74, 6) is 0.175. The minimum absolute atomic E-state index is 0.0149. The third-order valence-electron chi connectivity index (χ3n) is 4.30. The minimum atomic E-state index is -0.377. The fourth-order valence-corrected chi connectivity index (χ4v) is 2.92. The summed E-state index contributed by atoms with van der Waals surface area (Å²) in [6.45, 7) is 0.368. The van der Waals surface area contributed by atoms with Gasteiger partial charge in [0.15, 0.2) is 6.61 Å². The van der Waals surface area contributed by atoms with Crippen molar-refractivity contribution in [3.63, 3.8) is 0 Å². The molecule has 1 aliphatic carbocycles. The van der Waals surface area contributed by atoms with E-state index in [0.29, 0.717) is 12.1 Å². The summed E-state index contributed by atoms with van der Waals surface area (Å²) in [5.41, 5.74) is 4.09. The molecular weight excluding hydrogens is 318 g/mol. The Morgan fingerprint density at radius 2 is 1.80 bits per heavy atom. The zero-order valence-electron chi connectivity index (χ0n) is 14.2. The molecule has 1 N–H and O–H groups in total. The van der Waals surface area contributed by atoms with Crippen LogP contribution >= 0.6 is 0 Å². The molecule has 0 fully saturated rings. The van der Waals surface area contributed by atoms with Gasteiger partial charge < -0.3 is 14.8 Å². The standard InChI is InChI=1S/C20H21NO4/c1-24-20(23)16-7-5-14(6-8-16)12-21-19(22)13-25-18-10-9-15-3-2-4-17(15)11-18/h5-11H,2-4,12-13H2,1H3,(H,21,22). The second kappa shape index (κ2) is 7.83. The van der Waals surface area contributed by atoms with E-state index in [4.69, 9.17) is 4.74 Å². The molecule has 3 rings (SSSR count). The average Bonchev–Trinajstić information content (AvgIpc) is 3.12. The quantitative estimate of drug-likeness (QED) is 0.822. The third-order valence-corrected chi connectivity index (χ3v) is 4.30. The van der Waals surface area contributed by atoms with Crippen LogP contribution < -0.4 is 10.1 Å². The van der Waals surface area contributed by atoms with Crippen molar-refractivity contribution in [1.29, 1.82) is 0 Å². The Morgan fingerprint density at radius 3 is 2.56 bits per heavy atom. The number of rotatable bonds is 6. The summed E-state index contributed by atoms with van der Waals surface area (Å²) < 4.78 is 10.2. The number of nitrogens with one attached hydrogen (secondary N) is 1. The van der Waals surface area contributed by atoms with Gasteiger partial charge in [-0.15, -0.1) is 0 Å². The summed E-state index contributed by atoms with van der Waals surface area (Å²) in [6, 6.07) is 13.0. The number of fused-ring (bicyclic) bond motifs is 1. The smallest absolute Gasteiger partial charge is 0.337 e. The van der Waals surface area contributed by atoms with Gasteiger partial charge in [-0.1, -0.05) is 18.2 Å². The molecule has 2 aromatic rings. The molecule has 0 saturated heterocycles. The number of amides is 1. The van der Waals surface area contributed by atoms with E-state index in [9.17, 15) is 9.59 Å². The first-order valence-corrected chi connectivity index (χ1v) is 8.34. The lowest BCUT2D eigenvalue weighted by Crippen LogP contribution is -2.28. The van der Waals surface area contributed by atoms with Gasteiger partial charge in [0.2, 0.25) is 0 Å². The predicted molar refractivity (Wildman–Crippen MR) is 93.6 cm³/mol. The zero-order chi connectivity index (χ0) is 17.6. The van der Waals surface area contributed by atoms with Crippen LogP contribution in [-0.2, 0) is 28.9 Å². The Labute approximate surface area is 147 Å². The van der Waals surface area contributed by atoms with Crippen LogP contribution in [-0.4, -0.2) is 25.6 Å². The van der Waals surface area contributed by atoms with Gasteiger partial charge in [0.05, 0.1) is 12.7 Å². The number of hydrogen-bond donors (Lipinski definition) is 1. The van der Waals surface area contributed by atoms with Crippen molar-refractivity contribution in [2.75, 3.05) is 13.7 Å². The molecule has 0 spiro atoms. The predicted octanol–water partition coefficient (Wildman–Crippen LogP) is 2.66. The molecule has 2 aromatic carbocycles. The molecule has 0 aliphatic heterocycles. The molecule has 0 atom stereocenters. The van der Waals surface area contributed by atoms with Gasteiger partial charge in [-0.05, 0) is 60.2 Å². The number of benzene rings is 2. The average molecular weight is 339 g/mol. The molecule has 0 aromatic heterocycles. The van der Waals surface area contributed by atoms with Gasteiger partial charge in [0.1, 0.15) is 5.75 Å². The molecule has 5 heteroatoms. The lowest BCUT2D eigenvalue weighted by atomic mass is 10.1. The molecule has 0 radical (unpaired) electrons. The van der Waals surface area contributed by atoms with Crippen LogP contribution in [0.3, 0.4) is 0 Å². The molecule has 1 amide bonds. The van der Waals surface area contributed by atoms with E-state index in [2.05, 4.69) is 16.1 Å². The number of carbonyl (C=O) groups is 2. The Bertz CT molecular complexity index is 768. The fourth-order valence-electron chi connectivity index (χ4n) is 2.92. The monoisotopic (exact) mass is 339 g/mol. The van der Waals surface area contributed by atoms with Crippen molar-refractivity contribution in [2.24, 2.45) is 0 Å². The Hall–Kier alpha value is -2.82. The van der Waals surface area contributed by atoms with Crippen LogP contribution in [0.15, 0.2) is 42.5 Å². The number of ether oxygens (including phenoxy) is 2. The Kier molecular flexibility index (Phi) is 5.33. The number of hydrogen-bond acceptors (Lipinski definition) is 4. The van der Waals surface area contributed by atoms with Crippen molar-refractivity contribution in [1.82, 2.24) is 5.32 Å². The van der Waals surface area contributed by atoms with Gasteiger partial charge in [-0.2, -0.15) is 0 Å². The van der Waals surface area contributed by atoms with Gasteiger partial charge in [0, 0.05) is 6.54 Å². The minimum Gasteiger partial charge on any atom is -0.484 e. The normalized spacial score (nSPS) is 12.4. The fraction of sp³-hybridized carbons (Fsp3) is 0.300. The highest BCUT2D eigenvalue weighted by Crippen LogP contribution is 2.25. The highest BCUT2D eigenvalue weighted by atomic mass is 16.5. The van der Waals surface area contributed by atoms with Crippen molar-refractivity contribution < 1.29 is 19.1 Å². The number of esters is 1. The van der Waals surface area contributed by atoms with Crippen molar-refractivity contribution in [3.8, 4) is 5.75 Å². The Balaban J connectivity index is 1.46. The molecule has 0 bridgehead atoms. The van der Waals surface area contributed by atoms with Gasteiger partial charge in [-0.3, -0.25) is 4.79 Å². The topological polar surface area (TPSA) is 64.6 Å². The molecule has 130 valence electrons. The first-order chi connectivity index (χ1) is 12.2. The largest absolute Gasteiger partial charge is 0.484 e. The molecule has 5 nitrogen and oxygen atoms in total. The van der Waals surface area contributed by atoms with Crippen molar-refractivity contribution >= 4 is 11.9 Å². The van der Waals surface area contributed by atoms with Gasteiger partial charge in [0.25, 0.3) is 5.91 Å². The molecule has 1 aliphatic rings. The van der Waals surface area contributed by atoms with Crippen molar-refractivity contribution in [3.05, 3.63) is 64.7 Å². The maximum atomic E-state index is 11.9. The Morgan fingerprint density at radius 1 is 1.04 bits per heavy atom.